The fourth-order valence-electron chi connectivity index (χ4n) is 6.04. The smallest absolute Gasteiger partial charge is 0.303 e. The highest BCUT2D eigenvalue weighted by Gasteiger charge is 2.19. The van der Waals surface area contributed by atoms with E-state index in [2.05, 4.69) is 87.2 Å². The number of anilines is 2. The minimum atomic E-state index is -0.811. The minimum absolute atomic E-state index is 0.0460. The van der Waals surface area contributed by atoms with Crippen LogP contribution in [-0.4, -0.2) is 21.3 Å². The van der Waals surface area contributed by atoms with Gasteiger partial charge in [0, 0.05) is 47.4 Å². The van der Waals surface area contributed by atoms with Gasteiger partial charge in [0.15, 0.2) is 5.78 Å². The van der Waals surface area contributed by atoms with Crippen LogP contribution in [0.4, 0.5) is 11.4 Å². The highest BCUT2D eigenvalue weighted by atomic mass is 16.4. The SMILES string of the molecule is CC(C)Cc1ccc(CN(c2ccc(CC(C)C)cc2)c2cccc(C(=O)c3cc(CCCC(=O)O)n4ccccc34)c2)cc1. The second kappa shape index (κ2) is 14.4. The number of benzene rings is 3. The lowest BCUT2D eigenvalue weighted by Crippen LogP contribution is -2.17. The van der Waals surface area contributed by atoms with E-state index in [9.17, 15) is 9.59 Å². The molecular weight excluding hydrogens is 556 g/mol. The van der Waals surface area contributed by atoms with Crippen LogP contribution in [0.5, 0.6) is 0 Å². The summed E-state index contributed by atoms with van der Waals surface area (Å²) >= 11 is 0. The van der Waals surface area contributed by atoms with E-state index < -0.39 is 5.97 Å². The zero-order chi connectivity index (χ0) is 31.9. The van der Waals surface area contributed by atoms with Gasteiger partial charge < -0.3 is 14.4 Å². The first-order chi connectivity index (χ1) is 21.7. The molecule has 0 bridgehead atoms. The molecule has 0 saturated heterocycles. The third-order valence-electron chi connectivity index (χ3n) is 8.14. The number of hydrogen-bond donors (Lipinski definition) is 1. The molecule has 0 aliphatic heterocycles. The van der Waals surface area contributed by atoms with Gasteiger partial charge in [0.1, 0.15) is 0 Å². The number of aromatic nitrogens is 1. The molecule has 0 aliphatic rings. The summed E-state index contributed by atoms with van der Waals surface area (Å²) in [5, 5.41) is 9.12. The number of carboxylic acid groups (broad SMARTS) is 1. The second-order valence-electron chi connectivity index (χ2n) is 12.9. The molecule has 5 aromatic rings. The summed E-state index contributed by atoms with van der Waals surface area (Å²) in [5.41, 5.74) is 8.91. The Morgan fingerprint density at radius 2 is 1.38 bits per heavy atom. The van der Waals surface area contributed by atoms with Crippen molar-refractivity contribution in [2.45, 2.75) is 66.3 Å². The lowest BCUT2D eigenvalue weighted by Gasteiger charge is -2.26. The Hall–Kier alpha value is -4.64. The number of ketones is 1. The largest absolute Gasteiger partial charge is 0.481 e. The number of aliphatic carboxylic acids is 1. The molecular formula is C40H44N2O3. The highest BCUT2D eigenvalue weighted by Crippen LogP contribution is 2.31. The fourth-order valence-corrected chi connectivity index (χ4v) is 6.04. The molecule has 5 heteroatoms. The number of pyridine rings is 1. The number of rotatable bonds is 14. The Balaban J connectivity index is 1.48. The highest BCUT2D eigenvalue weighted by molar-refractivity contribution is 6.14. The molecule has 45 heavy (non-hydrogen) atoms. The monoisotopic (exact) mass is 600 g/mol. The minimum Gasteiger partial charge on any atom is -0.481 e. The molecule has 0 atom stereocenters. The van der Waals surface area contributed by atoms with Crippen molar-refractivity contribution in [1.82, 2.24) is 4.40 Å². The van der Waals surface area contributed by atoms with Gasteiger partial charge in [0.2, 0.25) is 0 Å². The molecule has 0 unspecified atom stereocenters. The van der Waals surface area contributed by atoms with Gasteiger partial charge in [-0.25, -0.2) is 0 Å². The Morgan fingerprint density at radius 3 is 2.02 bits per heavy atom. The summed E-state index contributed by atoms with van der Waals surface area (Å²) in [6, 6.07) is 33.3. The van der Waals surface area contributed by atoms with E-state index in [1.54, 1.807) is 0 Å². The van der Waals surface area contributed by atoms with Crippen molar-refractivity contribution in [2.24, 2.45) is 11.8 Å². The number of nitrogens with zero attached hydrogens (tertiary/aromatic N) is 2. The molecule has 0 spiro atoms. The zero-order valence-corrected chi connectivity index (χ0v) is 26.9. The number of hydrogen-bond acceptors (Lipinski definition) is 3. The van der Waals surface area contributed by atoms with Crippen molar-refractivity contribution in [3.63, 3.8) is 0 Å². The molecule has 0 aliphatic carbocycles. The number of carboxylic acids is 1. The number of fused-ring (bicyclic) bond motifs is 1. The van der Waals surface area contributed by atoms with Gasteiger partial charge in [-0.15, -0.1) is 0 Å². The molecule has 5 rings (SSSR count). The first kappa shape index (κ1) is 31.8. The maximum Gasteiger partial charge on any atom is 0.303 e. The van der Waals surface area contributed by atoms with E-state index in [0.29, 0.717) is 42.3 Å². The average molecular weight is 601 g/mol. The third kappa shape index (κ3) is 8.10. The molecule has 0 saturated carbocycles. The maximum atomic E-state index is 14.1. The van der Waals surface area contributed by atoms with Gasteiger partial charge in [0.05, 0.1) is 5.52 Å². The normalized spacial score (nSPS) is 11.4. The van der Waals surface area contributed by atoms with Crippen molar-refractivity contribution in [1.29, 1.82) is 0 Å². The summed E-state index contributed by atoms with van der Waals surface area (Å²) in [7, 11) is 0. The zero-order valence-electron chi connectivity index (χ0n) is 26.9. The van der Waals surface area contributed by atoms with Gasteiger partial charge in [0.25, 0.3) is 0 Å². The number of aryl methyl sites for hydroxylation is 1. The van der Waals surface area contributed by atoms with Crippen molar-refractivity contribution in [2.75, 3.05) is 4.90 Å². The molecule has 3 aromatic carbocycles. The van der Waals surface area contributed by atoms with Crippen molar-refractivity contribution in [3.8, 4) is 0 Å². The van der Waals surface area contributed by atoms with Gasteiger partial charge in [-0.05, 0) is 96.7 Å². The Kier molecular flexibility index (Phi) is 10.2. The van der Waals surface area contributed by atoms with Gasteiger partial charge in [-0.2, -0.15) is 0 Å². The van der Waals surface area contributed by atoms with Crippen molar-refractivity contribution >= 4 is 28.6 Å². The van der Waals surface area contributed by atoms with Gasteiger partial charge in [-0.3, -0.25) is 9.59 Å². The second-order valence-corrected chi connectivity index (χ2v) is 12.9. The summed E-state index contributed by atoms with van der Waals surface area (Å²) in [5.74, 6) is 0.336. The quantitative estimate of drug-likeness (QED) is 0.129. The van der Waals surface area contributed by atoms with Crippen LogP contribution in [-0.2, 0) is 30.6 Å². The first-order valence-electron chi connectivity index (χ1n) is 16.1. The van der Waals surface area contributed by atoms with E-state index >= 15 is 0 Å². The van der Waals surface area contributed by atoms with Crippen molar-refractivity contribution < 1.29 is 14.7 Å². The van der Waals surface area contributed by atoms with Gasteiger partial charge in [-0.1, -0.05) is 82.3 Å². The lowest BCUT2D eigenvalue weighted by molar-refractivity contribution is -0.137. The predicted molar refractivity (Wildman–Crippen MR) is 184 cm³/mol. The summed E-state index contributed by atoms with van der Waals surface area (Å²) < 4.78 is 2.01. The standard InChI is InChI=1S/C40H44N2O3/c1-28(2)23-30-14-16-32(17-15-30)27-42(34-20-18-31(19-21-34)24-29(3)4)35-10-7-9-33(25-35)40(45)37-26-36(11-8-13-39(43)44)41-22-6-5-12-38(37)41/h5-7,9-10,12,14-22,25-26,28-29H,8,11,13,23-24,27H2,1-4H3,(H,43,44). The molecule has 0 amide bonds. The van der Waals surface area contributed by atoms with E-state index in [1.807, 2.05) is 53.1 Å². The number of carbonyl (C=O) groups is 2. The van der Waals surface area contributed by atoms with Crippen LogP contribution in [0.1, 0.15) is 78.8 Å². The van der Waals surface area contributed by atoms with Crippen LogP contribution in [0.3, 0.4) is 0 Å². The fraction of sp³-hybridized carbons (Fsp3) is 0.300. The third-order valence-corrected chi connectivity index (χ3v) is 8.14. The Bertz CT molecular complexity index is 1750. The van der Waals surface area contributed by atoms with Gasteiger partial charge >= 0.3 is 5.97 Å². The molecule has 0 radical (unpaired) electrons. The molecule has 2 aromatic heterocycles. The van der Waals surface area contributed by atoms with Crippen LogP contribution in [0.25, 0.3) is 5.52 Å². The molecule has 5 nitrogen and oxygen atoms in total. The van der Waals surface area contributed by atoms with Crippen LogP contribution in [0.2, 0.25) is 0 Å². The molecule has 2 heterocycles. The lowest BCUT2D eigenvalue weighted by atomic mass is 10.0. The summed E-state index contributed by atoms with van der Waals surface area (Å²) in [4.78, 5) is 27.5. The predicted octanol–water partition coefficient (Wildman–Crippen LogP) is 9.31. The molecule has 0 fully saturated rings. The van der Waals surface area contributed by atoms with E-state index in [4.69, 9.17) is 5.11 Å². The maximum absolute atomic E-state index is 14.1. The van der Waals surface area contributed by atoms with Crippen LogP contribution < -0.4 is 4.90 Å². The van der Waals surface area contributed by atoms with Crippen LogP contribution >= 0.6 is 0 Å². The van der Waals surface area contributed by atoms with Crippen molar-refractivity contribution in [3.05, 3.63) is 137 Å². The first-order valence-corrected chi connectivity index (χ1v) is 16.1. The molecule has 1 N–H and O–H groups in total. The summed E-state index contributed by atoms with van der Waals surface area (Å²) in [6.07, 6.45) is 5.23. The van der Waals surface area contributed by atoms with E-state index in [1.165, 1.54) is 16.7 Å². The van der Waals surface area contributed by atoms with E-state index in [-0.39, 0.29) is 12.2 Å². The summed E-state index contributed by atoms with van der Waals surface area (Å²) in [6.45, 7) is 9.62. The average Bonchev–Trinajstić information content (AvgIpc) is 3.38. The van der Waals surface area contributed by atoms with Crippen LogP contribution in [0.15, 0.2) is 103 Å². The topological polar surface area (TPSA) is 62.0 Å². The van der Waals surface area contributed by atoms with E-state index in [0.717, 1.165) is 35.4 Å². The molecule has 232 valence electrons. The Morgan fingerprint density at radius 1 is 0.733 bits per heavy atom. The number of carbonyl (C=O) groups excluding carboxylic acids is 1. The Labute approximate surface area is 267 Å². The van der Waals surface area contributed by atoms with Crippen LogP contribution in [0, 0.1) is 11.8 Å².